The average molecular weight is 623 g/mol. The molecule has 2 amide bonds. The second-order valence-electron chi connectivity index (χ2n) is 10.1. The third-order valence-corrected chi connectivity index (χ3v) is 10.1. The zero-order valence-corrected chi connectivity index (χ0v) is 25.8. The molecule has 0 unspecified atom stereocenters. The summed E-state index contributed by atoms with van der Waals surface area (Å²) in [6.07, 6.45) is 3.75. The Labute approximate surface area is 246 Å². The number of benzene rings is 2. The van der Waals surface area contributed by atoms with Crippen LogP contribution in [0.3, 0.4) is 0 Å². The van der Waals surface area contributed by atoms with Crippen LogP contribution in [0.25, 0.3) is 11.1 Å². The van der Waals surface area contributed by atoms with Crippen molar-refractivity contribution in [1.82, 2.24) is 19.9 Å². The van der Waals surface area contributed by atoms with Crippen LogP contribution in [-0.4, -0.2) is 62.1 Å². The first-order valence-electron chi connectivity index (χ1n) is 12.9. The first kappa shape index (κ1) is 32.5. The molecule has 13 heteroatoms. The van der Waals surface area contributed by atoms with Gasteiger partial charge in [-0.3, -0.25) is 9.54 Å². The summed E-state index contributed by atoms with van der Waals surface area (Å²) in [6.45, 7) is 7.20. The number of halogens is 1. The van der Waals surface area contributed by atoms with Gasteiger partial charge in [-0.2, -0.15) is 12.7 Å². The number of rotatable bonds is 12. The van der Waals surface area contributed by atoms with E-state index in [-0.39, 0.29) is 31.0 Å². The van der Waals surface area contributed by atoms with Gasteiger partial charge in [0.1, 0.15) is 0 Å². The molecule has 0 aliphatic heterocycles. The standard InChI is InChI=1S/C28H35ClN4O6S2/c1-20-19-30-14-12-24(20)22-8-5-9-23(18-22)28(3,4)33(41(38,39)26-11-6-10-25(29)21(26)2)16-7-13-31-27(34)32-15-17-40(35,36)37/h5-6,8-12,14,18-19H,7,13,15-17H2,1-4H3,(H2,31,32,34)(H,35,36,37). The summed E-state index contributed by atoms with van der Waals surface area (Å²) in [4.78, 5) is 16.3. The summed E-state index contributed by atoms with van der Waals surface area (Å²) in [5.74, 6) is -0.613. The van der Waals surface area contributed by atoms with Crippen LogP contribution >= 0.6 is 11.6 Å². The fourth-order valence-electron chi connectivity index (χ4n) is 4.48. The van der Waals surface area contributed by atoms with Gasteiger partial charge in [0.15, 0.2) is 0 Å². The normalized spacial score (nSPS) is 12.4. The zero-order valence-electron chi connectivity index (χ0n) is 23.4. The van der Waals surface area contributed by atoms with E-state index in [1.54, 1.807) is 31.5 Å². The van der Waals surface area contributed by atoms with Crippen molar-refractivity contribution in [2.75, 3.05) is 25.4 Å². The van der Waals surface area contributed by atoms with E-state index in [1.807, 2.05) is 51.1 Å². The maximum atomic E-state index is 14.2. The molecular weight excluding hydrogens is 588 g/mol. The molecule has 2 aromatic carbocycles. The zero-order chi connectivity index (χ0) is 30.4. The van der Waals surface area contributed by atoms with E-state index in [2.05, 4.69) is 15.6 Å². The van der Waals surface area contributed by atoms with Crippen molar-refractivity contribution in [2.24, 2.45) is 0 Å². The van der Waals surface area contributed by atoms with E-state index >= 15 is 0 Å². The molecule has 0 saturated heterocycles. The number of pyridine rings is 1. The van der Waals surface area contributed by atoms with Crippen LogP contribution < -0.4 is 10.6 Å². The van der Waals surface area contributed by atoms with Crippen LogP contribution in [0.4, 0.5) is 4.79 Å². The third-order valence-electron chi connectivity index (χ3n) is 6.78. The first-order chi connectivity index (χ1) is 19.1. The number of amides is 2. The smallest absolute Gasteiger partial charge is 0.314 e. The fraction of sp³-hybridized carbons (Fsp3) is 0.357. The molecule has 0 bridgehead atoms. The highest BCUT2D eigenvalue weighted by Crippen LogP contribution is 2.37. The second kappa shape index (κ2) is 13.3. The van der Waals surface area contributed by atoms with Gasteiger partial charge in [-0.15, -0.1) is 0 Å². The van der Waals surface area contributed by atoms with Crippen LogP contribution in [-0.2, 0) is 25.7 Å². The summed E-state index contributed by atoms with van der Waals surface area (Å²) in [5, 5.41) is 5.26. The van der Waals surface area contributed by atoms with Gasteiger partial charge >= 0.3 is 6.03 Å². The number of aromatic nitrogens is 1. The van der Waals surface area contributed by atoms with Crippen molar-refractivity contribution in [1.29, 1.82) is 0 Å². The number of carbonyl (C=O) groups excluding carboxylic acids is 1. The van der Waals surface area contributed by atoms with Gasteiger partial charge in [-0.25, -0.2) is 13.2 Å². The molecule has 1 heterocycles. The number of urea groups is 1. The number of aryl methyl sites for hydroxylation is 1. The molecule has 3 rings (SSSR count). The topological polar surface area (TPSA) is 146 Å². The Kier molecular flexibility index (Phi) is 10.5. The van der Waals surface area contributed by atoms with E-state index in [0.29, 0.717) is 10.6 Å². The molecule has 0 aliphatic rings. The first-order valence-corrected chi connectivity index (χ1v) is 16.3. The Morgan fingerprint density at radius 1 is 1.02 bits per heavy atom. The summed E-state index contributed by atoms with van der Waals surface area (Å²) < 4.78 is 60.3. The van der Waals surface area contributed by atoms with E-state index in [0.717, 1.165) is 22.3 Å². The summed E-state index contributed by atoms with van der Waals surface area (Å²) in [6, 6.07) is 13.7. The van der Waals surface area contributed by atoms with Gasteiger partial charge in [0.2, 0.25) is 10.0 Å². The van der Waals surface area contributed by atoms with Gasteiger partial charge in [-0.1, -0.05) is 35.9 Å². The predicted octanol–water partition coefficient (Wildman–Crippen LogP) is 4.52. The van der Waals surface area contributed by atoms with Crippen molar-refractivity contribution in [3.8, 4) is 11.1 Å². The Morgan fingerprint density at radius 2 is 1.71 bits per heavy atom. The Balaban J connectivity index is 1.91. The number of carbonyl (C=O) groups is 1. The Hall–Kier alpha value is -3.03. The molecule has 3 N–H and O–H groups in total. The fourth-order valence-corrected chi connectivity index (χ4v) is 7.13. The van der Waals surface area contributed by atoms with Crippen LogP contribution in [0.5, 0.6) is 0 Å². The number of sulfonamides is 1. The van der Waals surface area contributed by atoms with Crippen molar-refractivity contribution in [3.05, 3.63) is 82.6 Å². The van der Waals surface area contributed by atoms with E-state index in [4.69, 9.17) is 16.2 Å². The molecule has 3 aromatic rings. The van der Waals surface area contributed by atoms with Gasteiger partial charge in [0, 0.05) is 37.1 Å². The predicted molar refractivity (Wildman–Crippen MR) is 160 cm³/mol. The van der Waals surface area contributed by atoms with Gasteiger partial charge in [-0.05, 0) is 86.2 Å². The van der Waals surface area contributed by atoms with Crippen LogP contribution in [0.15, 0.2) is 65.8 Å². The highest BCUT2D eigenvalue weighted by atomic mass is 35.5. The minimum atomic E-state index is -4.20. The largest absolute Gasteiger partial charge is 0.338 e. The Bertz CT molecular complexity index is 1610. The summed E-state index contributed by atoms with van der Waals surface area (Å²) >= 11 is 6.29. The molecule has 0 atom stereocenters. The highest BCUT2D eigenvalue weighted by Gasteiger charge is 2.39. The number of nitrogens with zero attached hydrogens (tertiary/aromatic N) is 2. The van der Waals surface area contributed by atoms with E-state index in [9.17, 15) is 21.6 Å². The SMILES string of the molecule is Cc1cnccc1-c1cccc(C(C)(C)N(CCCNC(=O)NCCS(=O)(=O)O)S(=O)(=O)c2cccc(Cl)c2C)c1. The third kappa shape index (κ3) is 8.26. The molecule has 10 nitrogen and oxygen atoms in total. The van der Waals surface area contributed by atoms with Crippen molar-refractivity contribution < 1.29 is 26.2 Å². The van der Waals surface area contributed by atoms with Gasteiger partial charge in [0.05, 0.1) is 16.2 Å². The second-order valence-corrected chi connectivity index (χ2v) is 13.9. The minimum absolute atomic E-state index is 0.0606. The molecule has 1 aromatic heterocycles. The van der Waals surface area contributed by atoms with Crippen molar-refractivity contribution in [3.63, 3.8) is 0 Å². The molecule has 222 valence electrons. The van der Waals surface area contributed by atoms with Crippen LogP contribution in [0, 0.1) is 13.8 Å². The van der Waals surface area contributed by atoms with Gasteiger partial charge < -0.3 is 10.6 Å². The van der Waals surface area contributed by atoms with E-state index < -0.39 is 37.5 Å². The molecule has 0 aliphatic carbocycles. The quantitative estimate of drug-likeness (QED) is 0.199. The lowest BCUT2D eigenvalue weighted by Gasteiger charge is -2.38. The highest BCUT2D eigenvalue weighted by molar-refractivity contribution is 7.89. The lowest BCUT2D eigenvalue weighted by molar-refractivity contribution is 0.224. The summed E-state index contributed by atoms with van der Waals surface area (Å²) in [7, 11) is -8.26. The summed E-state index contributed by atoms with van der Waals surface area (Å²) in [5.41, 5.74) is 3.10. The molecule has 0 saturated carbocycles. The van der Waals surface area contributed by atoms with Crippen LogP contribution in [0.1, 0.15) is 37.0 Å². The number of nitrogens with one attached hydrogen (secondary N) is 2. The number of hydrogen-bond donors (Lipinski definition) is 3. The Morgan fingerprint density at radius 3 is 2.39 bits per heavy atom. The number of hydrogen-bond acceptors (Lipinski definition) is 6. The molecule has 0 radical (unpaired) electrons. The maximum Gasteiger partial charge on any atom is 0.314 e. The van der Waals surface area contributed by atoms with Crippen molar-refractivity contribution >= 4 is 37.8 Å². The van der Waals surface area contributed by atoms with Crippen LogP contribution in [0.2, 0.25) is 5.02 Å². The van der Waals surface area contributed by atoms with Gasteiger partial charge in [0.25, 0.3) is 10.1 Å². The van der Waals surface area contributed by atoms with Crippen molar-refractivity contribution in [2.45, 2.75) is 44.6 Å². The van der Waals surface area contributed by atoms with E-state index in [1.165, 1.54) is 10.4 Å². The molecule has 41 heavy (non-hydrogen) atoms. The maximum absolute atomic E-state index is 14.2. The molecule has 0 fully saturated rings. The average Bonchev–Trinajstić information content (AvgIpc) is 2.89. The lowest BCUT2D eigenvalue weighted by Crippen LogP contribution is -2.47. The molecular formula is C28H35ClN4O6S2. The lowest BCUT2D eigenvalue weighted by atomic mass is 9.90. The monoisotopic (exact) mass is 622 g/mol. The molecule has 0 spiro atoms. The minimum Gasteiger partial charge on any atom is -0.338 e.